The van der Waals surface area contributed by atoms with E-state index < -0.39 is 0 Å². The topological polar surface area (TPSA) is 41.5 Å². The second-order valence-electron chi connectivity index (χ2n) is 5.56. The molecule has 0 radical (unpaired) electrons. The maximum atomic E-state index is 9.85. The van der Waals surface area contributed by atoms with E-state index in [1.54, 1.807) is 0 Å². The van der Waals surface area contributed by atoms with Crippen molar-refractivity contribution in [3.05, 3.63) is 0 Å². The van der Waals surface area contributed by atoms with Crippen LogP contribution >= 0.6 is 0 Å². The third kappa shape index (κ3) is 5.84. The van der Waals surface area contributed by atoms with E-state index in [-0.39, 0.29) is 6.10 Å². The third-order valence-electron chi connectivity index (χ3n) is 3.69. The van der Waals surface area contributed by atoms with Gasteiger partial charge in [0, 0.05) is 12.6 Å². The zero-order valence-corrected chi connectivity index (χ0v) is 11.6. The Hall–Kier alpha value is -0.120. The minimum atomic E-state index is -0.372. The number of aliphatic hydroxyl groups is 1. The van der Waals surface area contributed by atoms with Crippen LogP contribution in [0.4, 0.5) is 0 Å². The second-order valence-corrected chi connectivity index (χ2v) is 5.56. The minimum absolute atomic E-state index is 0.372. The molecule has 3 heteroatoms. The standard InChI is InChI=1S/C14H29NO2/c1-4-14(11(2)3)15-9-12(16)10-17-13-7-5-6-8-13/h11-16H,4-10H2,1-3H3. The fourth-order valence-corrected chi connectivity index (χ4v) is 2.50. The summed E-state index contributed by atoms with van der Waals surface area (Å²) in [5, 5.41) is 13.3. The van der Waals surface area contributed by atoms with Crippen LogP contribution in [-0.4, -0.2) is 36.5 Å². The molecule has 2 N–H and O–H groups in total. The van der Waals surface area contributed by atoms with Gasteiger partial charge in [0.25, 0.3) is 0 Å². The normalized spacial score (nSPS) is 21.0. The summed E-state index contributed by atoms with van der Waals surface area (Å²) in [5.74, 6) is 0.614. The summed E-state index contributed by atoms with van der Waals surface area (Å²) in [7, 11) is 0. The van der Waals surface area contributed by atoms with Crippen molar-refractivity contribution in [1.82, 2.24) is 5.32 Å². The second kappa shape index (κ2) is 8.06. The molecule has 1 rings (SSSR count). The Morgan fingerprint density at radius 1 is 1.29 bits per heavy atom. The van der Waals surface area contributed by atoms with Crippen LogP contribution in [0.25, 0.3) is 0 Å². The van der Waals surface area contributed by atoms with Crippen LogP contribution in [0.1, 0.15) is 52.9 Å². The van der Waals surface area contributed by atoms with Crippen LogP contribution < -0.4 is 5.32 Å². The molecule has 1 saturated carbocycles. The predicted molar refractivity (Wildman–Crippen MR) is 71.1 cm³/mol. The molecule has 0 spiro atoms. The molecule has 17 heavy (non-hydrogen) atoms. The number of ether oxygens (including phenoxy) is 1. The first-order chi connectivity index (χ1) is 8.13. The summed E-state index contributed by atoms with van der Waals surface area (Å²) in [6.45, 7) is 7.72. The van der Waals surface area contributed by atoms with Crippen molar-refractivity contribution >= 4 is 0 Å². The molecule has 1 aliphatic rings. The van der Waals surface area contributed by atoms with Crippen molar-refractivity contribution in [1.29, 1.82) is 0 Å². The number of nitrogens with one attached hydrogen (secondary N) is 1. The lowest BCUT2D eigenvalue weighted by Crippen LogP contribution is -2.40. The van der Waals surface area contributed by atoms with E-state index in [9.17, 15) is 5.11 Å². The summed E-state index contributed by atoms with van der Waals surface area (Å²) in [6, 6.07) is 0.496. The molecule has 0 bridgehead atoms. The van der Waals surface area contributed by atoms with E-state index in [1.165, 1.54) is 25.7 Å². The van der Waals surface area contributed by atoms with Gasteiger partial charge in [0.05, 0.1) is 18.8 Å². The molecule has 0 aromatic carbocycles. The number of hydrogen-bond acceptors (Lipinski definition) is 3. The summed E-state index contributed by atoms with van der Waals surface area (Å²) in [4.78, 5) is 0. The van der Waals surface area contributed by atoms with Crippen LogP contribution in [0.3, 0.4) is 0 Å². The summed E-state index contributed by atoms with van der Waals surface area (Å²) in [5.41, 5.74) is 0. The highest BCUT2D eigenvalue weighted by atomic mass is 16.5. The van der Waals surface area contributed by atoms with Crippen molar-refractivity contribution in [2.45, 2.75) is 71.1 Å². The molecule has 0 aromatic rings. The fraction of sp³-hybridized carbons (Fsp3) is 1.00. The van der Waals surface area contributed by atoms with Crippen LogP contribution in [0, 0.1) is 5.92 Å². The SMILES string of the molecule is CCC(NCC(O)COC1CCCC1)C(C)C. The Bertz CT molecular complexity index is 191. The van der Waals surface area contributed by atoms with Crippen molar-refractivity contribution < 1.29 is 9.84 Å². The molecule has 102 valence electrons. The minimum Gasteiger partial charge on any atom is -0.389 e. The Kier molecular flexibility index (Phi) is 7.09. The molecule has 0 saturated heterocycles. The highest BCUT2D eigenvalue weighted by molar-refractivity contribution is 4.72. The molecule has 1 fully saturated rings. The highest BCUT2D eigenvalue weighted by Gasteiger charge is 2.17. The number of rotatable bonds is 8. The number of hydrogen-bond donors (Lipinski definition) is 2. The molecule has 0 heterocycles. The maximum absolute atomic E-state index is 9.85. The molecule has 0 aromatic heterocycles. The quantitative estimate of drug-likeness (QED) is 0.687. The number of aliphatic hydroxyl groups excluding tert-OH is 1. The first-order valence-corrected chi connectivity index (χ1v) is 7.16. The fourth-order valence-electron chi connectivity index (χ4n) is 2.50. The first-order valence-electron chi connectivity index (χ1n) is 7.16. The Balaban J connectivity index is 2.09. The van der Waals surface area contributed by atoms with Crippen molar-refractivity contribution in [2.75, 3.05) is 13.2 Å². The van der Waals surface area contributed by atoms with Crippen LogP contribution in [0.2, 0.25) is 0 Å². The molecule has 2 unspecified atom stereocenters. The zero-order chi connectivity index (χ0) is 12.7. The maximum Gasteiger partial charge on any atom is 0.0897 e. The lowest BCUT2D eigenvalue weighted by Gasteiger charge is -2.23. The molecule has 0 amide bonds. The zero-order valence-electron chi connectivity index (χ0n) is 11.6. The highest BCUT2D eigenvalue weighted by Crippen LogP contribution is 2.20. The average Bonchev–Trinajstić information content (AvgIpc) is 2.79. The van der Waals surface area contributed by atoms with Gasteiger partial charge >= 0.3 is 0 Å². The van der Waals surface area contributed by atoms with E-state index in [1.807, 2.05) is 0 Å². The lowest BCUT2D eigenvalue weighted by atomic mass is 10.0. The van der Waals surface area contributed by atoms with Crippen LogP contribution in [0.15, 0.2) is 0 Å². The van der Waals surface area contributed by atoms with Gasteiger partial charge < -0.3 is 15.2 Å². The van der Waals surface area contributed by atoms with E-state index in [0.29, 0.717) is 31.2 Å². The molecule has 0 aliphatic heterocycles. The van der Waals surface area contributed by atoms with Gasteiger partial charge in [-0.25, -0.2) is 0 Å². The molecule has 3 nitrogen and oxygen atoms in total. The van der Waals surface area contributed by atoms with Crippen LogP contribution in [0.5, 0.6) is 0 Å². The molecular weight excluding hydrogens is 214 g/mol. The summed E-state index contributed by atoms with van der Waals surface area (Å²) >= 11 is 0. The van der Waals surface area contributed by atoms with Crippen molar-refractivity contribution in [3.63, 3.8) is 0 Å². The van der Waals surface area contributed by atoms with Crippen LogP contribution in [-0.2, 0) is 4.74 Å². The predicted octanol–water partition coefficient (Wildman–Crippen LogP) is 2.33. The Morgan fingerprint density at radius 2 is 1.94 bits per heavy atom. The third-order valence-corrected chi connectivity index (χ3v) is 3.69. The summed E-state index contributed by atoms with van der Waals surface area (Å²) < 4.78 is 5.70. The van der Waals surface area contributed by atoms with E-state index in [2.05, 4.69) is 26.1 Å². The molecule has 1 aliphatic carbocycles. The Labute approximate surface area is 106 Å². The van der Waals surface area contributed by atoms with Gasteiger partial charge in [-0.2, -0.15) is 0 Å². The van der Waals surface area contributed by atoms with E-state index in [0.717, 1.165) is 6.42 Å². The van der Waals surface area contributed by atoms with Gasteiger partial charge in [0.2, 0.25) is 0 Å². The van der Waals surface area contributed by atoms with Gasteiger partial charge in [0.1, 0.15) is 0 Å². The van der Waals surface area contributed by atoms with Crippen molar-refractivity contribution in [2.24, 2.45) is 5.92 Å². The van der Waals surface area contributed by atoms with Gasteiger partial charge in [-0.15, -0.1) is 0 Å². The monoisotopic (exact) mass is 243 g/mol. The van der Waals surface area contributed by atoms with Gasteiger partial charge in [-0.1, -0.05) is 33.6 Å². The van der Waals surface area contributed by atoms with Crippen molar-refractivity contribution in [3.8, 4) is 0 Å². The van der Waals surface area contributed by atoms with Gasteiger partial charge in [-0.05, 0) is 25.2 Å². The lowest BCUT2D eigenvalue weighted by molar-refractivity contribution is -0.00671. The summed E-state index contributed by atoms with van der Waals surface area (Å²) in [6.07, 6.45) is 6.04. The average molecular weight is 243 g/mol. The van der Waals surface area contributed by atoms with E-state index >= 15 is 0 Å². The molecule has 2 atom stereocenters. The van der Waals surface area contributed by atoms with Gasteiger partial charge in [-0.3, -0.25) is 0 Å². The van der Waals surface area contributed by atoms with Gasteiger partial charge in [0.15, 0.2) is 0 Å². The van der Waals surface area contributed by atoms with E-state index in [4.69, 9.17) is 4.74 Å². The first kappa shape index (κ1) is 14.9. The Morgan fingerprint density at radius 3 is 2.47 bits per heavy atom. The smallest absolute Gasteiger partial charge is 0.0897 e. The largest absolute Gasteiger partial charge is 0.389 e. The molecular formula is C14H29NO2.